The fourth-order valence-electron chi connectivity index (χ4n) is 4.60. The van der Waals surface area contributed by atoms with Gasteiger partial charge in [-0.25, -0.2) is 13.2 Å². The summed E-state index contributed by atoms with van der Waals surface area (Å²) in [4.78, 5) is 39.0. The first-order valence-corrected chi connectivity index (χ1v) is 11.9. The molecule has 0 aromatic heterocycles. The summed E-state index contributed by atoms with van der Waals surface area (Å²) < 4.78 is 82.2. The maximum absolute atomic E-state index is 14.9. The third-order valence-corrected chi connectivity index (χ3v) is 6.95. The van der Waals surface area contributed by atoms with Crippen LogP contribution in [0.3, 0.4) is 0 Å². The quantitative estimate of drug-likeness (QED) is 0.299. The van der Waals surface area contributed by atoms with Crippen LogP contribution in [0.25, 0.3) is 0 Å². The molecule has 3 atom stereocenters. The number of phenolic OH excluding ortho intramolecular Hbond substituents is 1. The zero-order valence-corrected chi connectivity index (χ0v) is 21.5. The number of hydrogen-bond donors (Lipinski definition) is 4. The molecule has 8 nitrogen and oxygen atoms in total. The number of phenols is 1. The molecule has 4 N–H and O–H groups in total. The van der Waals surface area contributed by atoms with Crippen molar-refractivity contribution in [2.45, 2.75) is 57.6 Å². The summed E-state index contributed by atoms with van der Waals surface area (Å²) in [5, 5.41) is 23.9. The van der Waals surface area contributed by atoms with Crippen molar-refractivity contribution in [2.24, 2.45) is 5.41 Å². The topological polar surface area (TPSA) is 119 Å². The number of aliphatic hydroxyl groups is 1. The highest BCUT2D eigenvalue weighted by Gasteiger charge is 2.65. The zero-order chi connectivity index (χ0) is 30.2. The molecule has 0 saturated carbocycles. The Kier molecular flexibility index (Phi) is 8.44. The number of hydrogen-bond acceptors (Lipinski definition) is 5. The minimum atomic E-state index is -5.29. The number of aromatic hydroxyl groups is 1. The van der Waals surface area contributed by atoms with Crippen LogP contribution in [0.15, 0.2) is 42.5 Å². The molecule has 2 aromatic carbocycles. The fraction of sp³-hybridized carbons (Fsp3) is 0.423. The molecule has 2 aromatic rings. The van der Waals surface area contributed by atoms with Gasteiger partial charge in [-0.15, -0.1) is 0 Å². The number of nitrogens with zero attached hydrogens (tertiary/aromatic N) is 1. The second-order valence-electron chi connectivity index (χ2n) is 10.1. The first kappa shape index (κ1) is 30.7. The van der Waals surface area contributed by atoms with Crippen molar-refractivity contribution in [1.82, 2.24) is 15.5 Å². The Morgan fingerprint density at radius 3 is 2.35 bits per heavy atom. The molecule has 1 aliphatic rings. The first-order chi connectivity index (χ1) is 18.4. The number of halogens is 6. The summed E-state index contributed by atoms with van der Waals surface area (Å²) in [5.74, 6) is -9.17. The number of carbonyl (C=O) groups is 3. The second kappa shape index (κ2) is 11.0. The Labute approximate surface area is 225 Å². The van der Waals surface area contributed by atoms with Gasteiger partial charge in [0.05, 0.1) is 18.0 Å². The molecule has 1 heterocycles. The summed E-state index contributed by atoms with van der Waals surface area (Å²) in [6.07, 6.45) is -8.05. The average Bonchev–Trinajstić information content (AvgIpc) is 3.02. The van der Waals surface area contributed by atoms with Crippen LogP contribution in [0.4, 0.5) is 26.3 Å². The lowest BCUT2D eigenvalue weighted by atomic mass is 9.81. The Bertz CT molecular complexity index is 1300. The van der Waals surface area contributed by atoms with Crippen molar-refractivity contribution in [3.63, 3.8) is 0 Å². The summed E-state index contributed by atoms with van der Waals surface area (Å²) in [6, 6.07) is 4.84. The van der Waals surface area contributed by atoms with Crippen LogP contribution in [-0.2, 0) is 16.0 Å². The van der Waals surface area contributed by atoms with Crippen LogP contribution >= 0.6 is 0 Å². The van der Waals surface area contributed by atoms with Crippen LogP contribution in [0.2, 0.25) is 0 Å². The molecule has 1 aliphatic heterocycles. The monoisotopic (exact) mass is 575 g/mol. The second-order valence-corrected chi connectivity index (χ2v) is 10.1. The lowest BCUT2D eigenvalue weighted by molar-refractivity contribution is -0.177. The van der Waals surface area contributed by atoms with Crippen LogP contribution in [0, 0.1) is 18.2 Å². The minimum Gasteiger partial charge on any atom is -0.508 e. The highest BCUT2D eigenvalue weighted by atomic mass is 19.4. The molecule has 0 bridgehead atoms. The SMILES string of the molecule is Cc1c(O)cccc1C(=O)N[C@@H](Cc1cccc(F)c1)[C@H](O)C(=O)N1CC(F)(F)C(C)(C)[C@@H]1C(=O)NC(F)(F)F. The van der Waals surface area contributed by atoms with Gasteiger partial charge in [0, 0.05) is 11.1 Å². The Morgan fingerprint density at radius 1 is 1.12 bits per heavy atom. The number of alkyl halides is 5. The fourth-order valence-corrected chi connectivity index (χ4v) is 4.60. The molecular weight excluding hydrogens is 548 g/mol. The smallest absolute Gasteiger partial charge is 0.484 e. The normalized spacial score (nSPS) is 19.6. The lowest BCUT2D eigenvalue weighted by Gasteiger charge is -2.34. The summed E-state index contributed by atoms with van der Waals surface area (Å²) in [6.45, 7) is 1.54. The van der Waals surface area contributed by atoms with Gasteiger partial charge in [-0.2, -0.15) is 13.2 Å². The van der Waals surface area contributed by atoms with Crippen LogP contribution in [0.5, 0.6) is 5.75 Å². The van der Waals surface area contributed by atoms with Crippen molar-refractivity contribution in [2.75, 3.05) is 6.54 Å². The van der Waals surface area contributed by atoms with E-state index in [1.807, 2.05) is 0 Å². The first-order valence-electron chi connectivity index (χ1n) is 11.9. The van der Waals surface area contributed by atoms with Gasteiger partial charge in [0.2, 0.25) is 5.91 Å². The van der Waals surface area contributed by atoms with Crippen molar-refractivity contribution in [3.05, 3.63) is 65.0 Å². The molecule has 14 heteroatoms. The predicted molar refractivity (Wildman–Crippen MR) is 129 cm³/mol. The Morgan fingerprint density at radius 2 is 1.75 bits per heavy atom. The maximum Gasteiger partial charge on any atom is 0.484 e. The number of aliphatic hydroxyl groups excluding tert-OH is 1. The molecule has 218 valence electrons. The molecule has 0 unspecified atom stereocenters. The van der Waals surface area contributed by atoms with E-state index in [1.165, 1.54) is 37.3 Å². The van der Waals surface area contributed by atoms with E-state index >= 15 is 0 Å². The third kappa shape index (κ3) is 6.32. The molecule has 0 aliphatic carbocycles. The Hall–Kier alpha value is -3.81. The zero-order valence-electron chi connectivity index (χ0n) is 21.5. The van der Waals surface area contributed by atoms with E-state index in [9.17, 15) is 50.9 Å². The molecule has 1 fully saturated rings. The molecular formula is C26H27F6N3O5. The number of rotatable bonds is 7. The lowest BCUT2D eigenvalue weighted by Crippen LogP contribution is -2.59. The average molecular weight is 576 g/mol. The largest absolute Gasteiger partial charge is 0.508 e. The highest BCUT2D eigenvalue weighted by molar-refractivity contribution is 5.97. The third-order valence-electron chi connectivity index (χ3n) is 6.95. The molecule has 40 heavy (non-hydrogen) atoms. The van der Waals surface area contributed by atoms with Gasteiger partial charge < -0.3 is 20.4 Å². The number of likely N-dealkylation sites (tertiary alicyclic amines) is 1. The number of amides is 3. The number of nitrogens with one attached hydrogen (secondary N) is 2. The van der Waals surface area contributed by atoms with Crippen LogP contribution < -0.4 is 10.6 Å². The summed E-state index contributed by atoms with van der Waals surface area (Å²) in [7, 11) is 0. The Balaban J connectivity index is 1.98. The van der Waals surface area contributed by atoms with Gasteiger partial charge in [0.1, 0.15) is 17.6 Å². The molecule has 1 saturated heterocycles. The van der Waals surface area contributed by atoms with Gasteiger partial charge in [-0.3, -0.25) is 19.7 Å². The molecule has 0 radical (unpaired) electrons. The van der Waals surface area contributed by atoms with E-state index in [0.29, 0.717) is 5.32 Å². The molecule has 0 spiro atoms. The van der Waals surface area contributed by atoms with Crippen molar-refractivity contribution < 1.29 is 50.9 Å². The van der Waals surface area contributed by atoms with Crippen molar-refractivity contribution in [3.8, 4) is 5.75 Å². The van der Waals surface area contributed by atoms with E-state index < -0.39 is 72.3 Å². The van der Waals surface area contributed by atoms with E-state index in [4.69, 9.17) is 0 Å². The highest BCUT2D eigenvalue weighted by Crippen LogP contribution is 2.48. The van der Waals surface area contributed by atoms with Crippen LogP contribution in [-0.4, -0.2) is 69.8 Å². The van der Waals surface area contributed by atoms with E-state index in [2.05, 4.69) is 5.32 Å². The van der Waals surface area contributed by atoms with Gasteiger partial charge >= 0.3 is 6.30 Å². The predicted octanol–water partition coefficient (Wildman–Crippen LogP) is 3.05. The summed E-state index contributed by atoms with van der Waals surface area (Å²) in [5.41, 5.74) is -2.24. The van der Waals surface area contributed by atoms with Gasteiger partial charge in [-0.05, 0) is 43.2 Å². The minimum absolute atomic E-state index is 0.0693. The van der Waals surface area contributed by atoms with Gasteiger partial charge in [0.25, 0.3) is 17.7 Å². The molecule has 3 rings (SSSR count). The summed E-state index contributed by atoms with van der Waals surface area (Å²) >= 11 is 0. The van der Waals surface area contributed by atoms with Crippen molar-refractivity contribution >= 4 is 17.7 Å². The number of benzene rings is 2. The standard InChI is InChI=1S/C26H27F6N3O5/c1-13-16(8-5-9-18(13)36)21(38)33-17(11-14-6-4-7-15(27)10-14)19(37)23(40)35-12-25(28,29)24(2,3)20(35)22(39)34-26(30,31)32/h4-10,17,19-20,36-37H,11-12H2,1-3H3,(H,33,38)(H,34,39)/t17-,19-,20-/m0/s1. The van der Waals surface area contributed by atoms with Gasteiger partial charge in [-0.1, -0.05) is 32.0 Å². The van der Waals surface area contributed by atoms with E-state index in [-0.39, 0.29) is 27.3 Å². The van der Waals surface area contributed by atoms with Crippen LogP contribution in [0.1, 0.15) is 35.3 Å². The number of carbonyl (C=O) groups excluding carboxylic acids is 3. The van der Waals surface area contributed by atoms with Gasteiger partial charge in [0.15, 0.2) is 6.10 Å². The van der Waals surface area contributed by atoms with Crippen molar-refractivity contribution in [1.29, 1.82) is 0 Å². The van der Waals surface area contributed by atoms with E-state index in [1.54, 1.807) is 0 Å². The van der Waals surface area contributed by atoms with E-state index in [0.717, 1.165) is 26.0 Å². The molecule has 3 amide bonds. The maximum atomic E-state index is 14.9.